The molecular weight excluding hydrogens is 615 g/mol. The lowest BCUT2D eigenvalue weighted by molar-refractivity contribution is -0.275. The van der Waals surface area contributed by atoms with Gasteiger partial charge in [-0.05, 0) is 60.2 Å². The van der Waals surface area contributed by atoms with Crippen LogP contribution in [-0.2, 0) is 4.74 Å². The van der Waals surface area contributed by atoms with Crippen molar-refractivity contribution in [3.8, 4) is 22.6 Å². The minimum atomic E-state index is -4.71. The number of carboxylic acid groups (broad SMARTS) is 1. The number of piperidine rings is 1. The molecule has 1 N–H and O–H groups in total. The summed E-state index contributed by atoms with van der Waals surface area (Å²) in [6, 6.07) is 19.6. The van der Waals surface area contributed by atoms with Crippen LogP contribution in [0.1, 0.15) is 51.5 Å². The summed E-state index contributed by atoms with van der Waals surface area (Å²) >= 11 is 0. The Balaban J connectivity index is 0.000000254. The molecule has 0 aromatic heterocycles. The molecule has 0 saturated carbocycles. The molecule has 2 heterocycles. The van der Waals surface area contributed by atoms with Gasteiger partial charge in [0, 0.05) is 19.0 Å². The van der Waals surface area contributed by atoms with Gasteiger partial charge < -0.3 is 24.2 Å². The van der Waals surface area contributed by atoms with E-state index >= 15 is 0 Å². The number of amides is 1. The monoisotopic (exact) mass is 650 g/mol. The Morgan fingerprint density at radius 2 is 1.39 bits per heavy atom. The van der Waals surface area contributed by atoms with E-state index in [4.69, 9.17) is 9.84 Å². The summed E-state index contributed by atoms with van der Waals surface area (Å²) in [7, 11) is 1.98. The quantitative estimate of drug-likeness (QED) is 0.222. The van der Waals surface area contributed by atoms with Crippen LogP contribution in [0.25, 0.3) is 11.1 Å². The molecule has 6 nitrogen and oxygen atoms in total. The molecule has 1 amide bonds. The maximum absolute atomic E-state index is 12.3. The molecule has 247 valence electrons. The van der Waals surface area contributed by atoms with Crippen LogP contribution in [-0.4, -0.2) is 61.4 Å². The van der Waals surface area contributed by atoms with Crippen molar-refractivity contribution >= 4 is 18.8 Å². The average Bonchev–Trinajstić information content (AvgIpc) is 3.36. The molecule has 3 aromatic rings. The largest absolute Gasteiger partial charge is 0.573 e. The highest BCUT2D eigenvalue weighted by atomic mass is 19.4. The summed E-state index contributed by atoms with van der Waals surface area (Å²) < 4.78 is 86.5. The highest BCUT2D eigenvalue weighted by Crippen LogP contribution is 2.43. The predicted molar refractivity (Wildman–Crippen MR) is 162 cm³/mol. The van der Waals surface area contributed by atoms with Crippen LogP contribution in [0.5, 0.6) is 11.5 Å². The first-order valence-corrected chi connectivity index (χ1v) is 14.7. The molecule has 2 aliphatic rings. The van der Waals surface area contributed by atoms with Gasteiger partial charge in [-0.2, -0.15) is 0 Å². The van der Waals surface area contributed by atoms with E-state index < -0.39 is 18.8 Å². The van der Waals surface area contributed by atoms with Crippen molar-refractivity contribution in [2.24, 2.45) is 0 Å². The standard InChI is InChI=1S/C22H22F3NO4.C11H13BF3O/c23-22(24,25)30-19-6-4-15(5-7-19)16-2-1-3-17(12-16)18-13-21(29-14-18)8-10-26(11-9-21)20(27)28;1-10(2,3)12-8-4-6-9(7-5-8)16-11(13,14)15/h1-7,12,18H,8-11,13-14H2,(H,27,28);4-7H,1-3H3/t18-;/m0./s1. The molecule has 0 bridgehead atoms. The zero-order chi connectivity index (χ0) is 33.8. The number of carbonyl (C=O) groups is 1. The summed E-state index contributed by atoms with van der Waals surface area (Å²) in [5.74, 6) is -0.242. The number of alkyl halides is 6. The Kier molecular flexibility index (Phi) is 10.5. The molecule has 0 unspecified atom stereocenters. The van der Waals surface area contributed by atoms with Crippen LogP contribution in [0.3, 0.4) is 0 Å². The van der Waals surface area contributed by atoms with E-state index in [1.165, 1.54) is 29.2 Å². The van der Waals surface area contributed by atoms with Crippen molar-refractivity contribution in [2.75, 3.05) is 19.7 Å². The third kappa shape index (κ3) is 10.6. The Morgan fingerprint density at radius 1 is 0.848 bits per heavy atom. The minimum Gasteiger partial charge on any atom is -0.465 e. The van der Waals surface area contributed by atoms with Crippen molar-refractivity contribution in [3.05, 3.63) is 78.4 Å². The van der Waals surface area contributed by atoms with Crippen molar-refractivity contribution in [1.82, 2.24) is 4.90 Å². The fourth-order valence-corrected chi connectivity index (χ4v) is 5.60. The molecule has 1 spiro atoms. The molecule has 5 rings (SSSR count). The highest BCUT2D eigenvalue weighted by molar-refractivity contribution is 6.56. The first-order valence-electron chi connectivity index (χ1n) is 14.7. The number of halogens is 6. The van der Waals surface area contributed by atoms with E-state index in [2.05, 4.69) is 9.47 Å². The van der Waals surface area contributed by atoms with Gasteiger partial charge in [0.25, 0.3) is 0 Å². The predicted octanol–water partition coefficient (Wildman–Crippen LogP) is 8.40. The first-order chi connectivity index (χ1) is 21.4. The van der Waals surface area contributed by atoms with Gasteiger partial charge in [-0.25, -0.2) is 4.79 Å². The number of benzene rings is 3. The van der Waals surface area contributed by atoms with Crippen molar-refractivity contribution in [2.45, 2.75) is 69.6 Å². The van der Waals surface area contributed by atoms with E-state index in [0.717, 1.165) is 28.6 Å². The van der Waals surface area contributed by atoms with Crippen LogP contribution < -0.4 is 14.9 Å². The number of hydrogen-bond acceptors (Lipinski definition) is 4. The van der Waals surface area contributed by atoms with Gasteiger partial charge in [0.2, 0.25) is 0 Å². The van der Waals surface area contributed by atoms with Gasteiger partial charge >= 0.3 is 18.8 Å². The molecule has 3 aromatic carbocycles. The average molecular weight is 650 g/mol. The number of likely N-dealkylation sites (tertiary alicyclic amines) is 1. The number of ether oxygens (including phenoxy) is 3. The van der Waals surface area contributed by atoms with Gasteiger partial charge in [-0.15, -0.1) is 26.3 Å². The van der Waals surface area contributed by atoms with Crippen LogP contribution in [0.4, 0.5) is 31.1 Å². The number of hydrogen-bond donors (Lipinski definition) is 1. The van der Waals surface area contributed by atoms with Gasteiger partial charge in [-0.3, -0.25) is 0 Å². The van der Waals surface area contributed by atoms with Gasteiger partial charge in [0.15, 0.2) is 7.28 Å². The van der Waals surface area contributed by atoms with E-state index in [-0.39, 0.29) is 28.3 Å². The molecule has 1 atom stereocenters. The van der Waals surface area contributed by atoms with Crippen molar-refractivity contribution in [1.29, 1.82) is 0 Å². The van der Waals surface area contributed by atoms with E-state index in [0.29, 0.717) is 32.5 Å². The second-order valence-electron chi connectivity index (χ2n) is 12.5. The molecular formula is C33H35BF6NO5. The molecule has 46 heavy (non-hydrogen) atoms. The van der Waals surface area contributed by atoms with Gasteiger partial charge in [0.1, 0.15) is 11.5 Å². The fourth-order valence-electron chi connectivity index (χ4n) is 5.60. The summed E-state index contributed by atoms with van der Waals surface area (Å²) in [5, 5.41) is 9.12. The molecule has 13 heteroatoms. The SMILES string of the molecule is CC(C)(C)[B]c1ccc(OC(F)(F)F)cc1.O=C(O)N1CCC2(CC1)C[C@H](c1cccc(-c3ccc(OC(F)(F)F)cc3)c1)CO2. The van der Waals surface area contributed by atoms with E-state index in [9.17, 15) is 31.1 Å². The Labute approximate surface area is 264 Å². The molecule has 2 aliphatic heterocycles. The fraction of sp³-hybridized carbons (Fsp3) is 0.424. The Bertz CT molecular complexity index is 1410. The number of rotatable bonds is 5. The summed E-state index contributed by atoms with van der Waals surface area (Å²) in [6.07, 6.45) is -8.01. The lowest BCUT2D eigenvalue weighted by atomic mass is 9.51. The van der Waals surface area contributed by atoms with Crippen molar-refractivity contribution < 1.29 is 50.5 Å². The second kappa shape index (κ2) is 13.9. The topological polar surface area (TPSA) is 68.2 Å². The normalized spacial score (nSPS) is 18.0. The Morgan fingerprint density at radius 3 is 1.89 bits per heavy atom. The third-order valence-electron chi connectivity index (χ3n) is 7.65. The van der Waals surface area contributed by atoms with E-state index in [1.54, 1.807) is 24.3 Å². The van der Waals surface area contributed by atoms with Gasteiger partial charge in [-0.1, -0.05) is 80.1 Å². The zero-order valence-electron chi connectivity index (χ0n) is 25.6. The Hall–Kier alpha value is -3.87. The van der Waals surface area contributed by atoms with Crippen molar-refractivity contribution in [3.63, 3.8) is 0 Å². The maximum Gasteiger partial charge on any atom is 0.573 e. The molecule has 2 saturated heterocycles. The lowest BCUT2D eigenvalue weighted by Crippen LogP contribution is -2.45. The molecule has 0 aliphatic carbocycles. The summed E-state index contributed by atoms with van der Waals surface area (Å²) in [5.41, 5.74) is 3.42. The van der Waals surface area contributed by atoms with Crippen LogP contribution in [0.2, 0.25) is 5.31 Å². The second-order valence-corrected chi connectivity index (χ2v) is 12.5. The first kappa shape index (κ1) is 35.0. The van der Waals surface area contributed by atoms with Gasteiger partial charge in [0.05, 0.1) is 12.2 Å². The van der Waals surface area contributed by atoms with Crippen LogP contribution in [0.15, 0.2) is 72.8 Å². The molecule has 2 fully saturated rings. The van der Waals surface area contributed by atoms with E-state index in [1.807, 2.05) is 52.3 Å². The zero-order valence-corrected chi connectivity index (χ0v) is 25.6. The smallest absolute Gasteiger partial charge is 0.465 e. The maximum atomic E-state index is 12.3. The minimum absolute atomic E-state index is 0.00754. The lowest BCUT2D eigenvalue weighted by Gasteiger charge is -2.37. The number of nitrogens with zero attached hydrogens (tertiary/aromatic N) is 1. The van der Waals surface area contributed by atoms with Crippen LogP contribution >= 0.6 is 0 Å². The summed E-state index contributed by atoms with van der Waals surface area (Å²) in [6.45, 7) is 7.60. The molecule has 1 radical (unpaired) electrons. The van der Waals surface area contributed by atoms with Crippen LogP contribution in [0, 0.1) is 0 Å². The third-order valence-corrected chi connectivity index (χ3v) is 7.65. The highest BCUT2D eigenvalue weighted by Gasteiger charge is 2.44. The summed E-state index contributed by atoms with van der Waals surface area (Å²) in [4.78, 5) is 12.6.